The third-order valence-corrected chi connectivity index (χ3v) is 2.24. The summed E-state index contributed by atoms with van der Waals surface area (Å²) >= 11 is 0. The van der Waals surface area contributed by atoms with Gasteiger partial charge in [-0.2, -0.15) is 0 Å². The van der Waals surface area contributed by atoms with E-state index >= 15 is 0 Å². The van der Waals surface area contributed by atoms with E-state index in [0.29, 0.717) is 18.8 Å². The van der Waals surface area contributed by atoms with E-state index in [0.717, 1.165) is 5.56 Å². The van der Waals surface area contributed by atoms with Crippen LogP contribution in [-0.2, 0) is 11.3 Å². The number of ketones is 1. The van der Waals surface area contributed by atoms with E-state index in [-0.39, 0.29) is 5.78 Å². The van der Waals surface area contributed by atoms with Crippen molar-refractivity contribution in [2.45, 2.75) is 19.9 Å². The number of aromatic nitrogens is 4. The zero-order chi connectivity index (χ0) is 11.4. The van der Waals surface area contributed by atoms with Crippen LogP contribution < -0.4 is 0 Å². The molecular formula is C11H12N4O. The topological polar surface area (TPSA) is 60.7 Å². The molecule has 0 spiro atoms. The van der Waals surface area contributed by atoms with Crippen molar-refractivity contribution in [2.24, 2.45) is 0 Å². The molecule has 0 aliphatic carbocycles. The first kappa shape index (κ1) is 10.5. The van der Waals surface area contributed by atoms with Crippen molar-refractivity contribution in [3.05, 3.63) is 30.3 Å². The lowest BCUT2D eigenvalue weighted by molar-refractivity contribution is -0.117. The molecule has 0 saturated carbocycles. The fraction of sp³-hybridized carbons (Fsp3) is 0.273. The third kappa shape index (κ3) is 2.31. The number of aryl methyl sites for hydroxylation is 1. The van der Waals surface area contributed by atoms with Crippen LogP contribution in [-0.4, -0.2) is 26.0 Å². The van der Waals surface area contributed by atoms with E-state index in [4.69, 9.17) is 0 Å². The highest BCUT2D eigenvalue weighted by molar-refractivity contribution is 5.75. The molecule has 0 unspecified atom stereocenters. The summed E-state index contributed by atoms with van der Waals surface area (Å²) in [5.74, 6) is 0.830. The molecule has 1 aromatic carbocycles. The fourth-order valence-corrected chi connectivity index (χ4v) is 1.41. The molecule has 1 heterocycles. The molecule has 5 nitrogen and oxygen atoms in total. The molecule has 2 rings (SSSR count). The van der Waals surface area contributed by atoms with E-state index in [1.807, 2.05) is 30.3 Å². The maximum absolute atomic E-state index is 10.9. The van der Waals surface area contributed by atoms with Crippen LogP contribution in [0.15, 0.2) is 30.3 Å². The molecule has 0 radical (unpaired) electrons. The lowest BCUT2D eigenvalue weighted by Crippen LogP contribution is -2.06. The highest BCUT2D eigenvalue weighted by Crippen LogP contribution is 2.14. The van der Waals surface area contributed by atoms with Gasteiger partial charge in [0.05, 0.1) is 6.54 Å². The van der Waals surface area contributed by atoms with Crippen molar-refractivity contribution < 1.29 is 4.79 Å². The standard InChI is InChI=1S/C11H12N4O/c1-9(16)7-8-15-11(12-13-14-15)10-5-3-2-4-6-10/h2-6H,7-8H2,1H3. The van der Waals surface area contributed by atoms with Gasteiger partial charge >= 0.3 is 0 Å². The molecule has 2 aromatic rings. The lowest BCUT2D eigenvalue weighted by Gasteiger charge is -2.02. The van der Waals surface area contributed by atoms with Gasteiger partial charge in [-0.05, 0) is 17.4 Å². The number of hydrogen-bond acceptors (Lipinski definition) is 4. The van der Waals surface area contributed by atoms with Crippen LogP contribution in [0.5, 0.6) is 0 Å². The maximum atomic E-state index is 10.9. The summed E-state index contributed by atoms with van der Waals surface area (Å²) in [4.78, 5) is 10.9. The molecule has 0 aliphatic heterocycles. The van der Waals surface area contributed by atoms with Gasteiger partial charge in [-0.1, -0.05) is 30.3 Å². The zero-order valence-electron chi connectivity index (χ0n) is 9.00. The second kappa shape index (κ2) is 4.65. The number of hydrogen-bond donors (Lipinski definition) is 0. The first-order valence-corrected chi connectivity index (χ1v) is 5.08. The molecule has 16 heavy (non-hydrogen) atoms. The number of rotatable bonds is 4. The normalized spacial score (nSPS) is 10.3. The highest BCUT2D eigenvalue weighted by Gasteiger charge is 2.08. The maximum Gasteiger partial charge on any atom is 0.182 e. The average Bonchev–Trinajstić information content (AvgIpc) is 2.75. The molecule has 0 N–H and O–H groups in total. The minimum absolute atomic E-state index is 0.134. The van der Waals surface area contributed by atoms with E-state index in [9.17, 15) is 4.79 Å². The van der Waals surface area contributed by atoms with Crippen molar-refractivity contribution in [1.29, 1.82) is 0 Å². The number of Topliss-reactive ketones (excluding diaryl/α,β-unsaturated/α-hetero) is 1. The Bertz CT molecular complexity index is 478. The summed E-state index contributed by atoms with van der Waals surface area (Å²) in [6.45, 7) is 2.08. The van der Waals surface area contributed by atoms with Gasteiger partial charge < -0.3 is 0 Å². The lowest BCUT2D eigenvalue weighted by atomic mass is 10.2. The number of carbonyl (C=O) groups is 1. The van der Waals surface area contributed by atoms with Gasteiger partial charge in [-0.25, -0.2) is 4.68 Å². The van der Waals surface area contributed by atoms with Crippen LogP contribution in [0, 0.1) is 0 Å². The summed E-state index contributed by atoms with van der Waals surface area (Å²) in [7, 11) is 0. The van der Waals surface area contributed by atoms with Crippen LogP contribution in [0.25, 0.3) is 11.4 Å². The SMILES string of the molecule is CC(=O)CCn1nnnc1-c1ccccc1. The Morgan fingerprint density at radius 1 is 1.31 bits per heavy atom. The second-order valence-electron chi connectivity index (χ2n) is 3.54. The summed E-state index contributed by atoms with van der Waals surface area (Å²) < 4.78 is 1.65. The number of carbonyl (C=O) groups excluding carboxylic acids is 1. The molecule has 5 heteroatoms. The second-order valence-corrected chi connectivity index (χ2v) is 3.54. The highest BCUT2D eigenvalue weighted by atomic mass is 16.1. The smallest absolute Gasteiger partial charge is 0.182 e. The monoisotopic (exact) mass is 216 g/mol. The summed E-state index contributed by atoms with van der Waals surface area (Å²) in [6, 6.07) is 9.68. The summed E-state index contributed by atoms with van der Waals surface area (Å²) in [5, 5.41) is 11.5. The predicted octanol–water partition coefficient (Wildman–Crippen LogP) is 1.32. The van der Waals surface area contributed by atoms with Gasteiger partial charge in [0.2, 0.25) is 0 Å². The molecule has 0 bridgehead atoms. The first-order chi connectivity index (χ1) is 7.77. The number of benzene rings is 1. The molecular weight excluding hydrogens is 204 g/mol. The Morgan fingerprint density at radius 2 is 2.06 bits per heavy atom. The molecule has 0 saturated heterocycles. The zero-order valence-corrected chi connectivity index (χ0v) is 9.00. The van der Waals surface area contributed by atoms with Gasteiger partial charge in [0.1, 0.15) is 5.78 Å². The van der Waals surface area contributed by atoms with Crippen molar-refractivity contribution in [3.63, 3.8) is 0 Å². The summed E-state index contributed by atoms with van der Waals surface area (Å²) in [5.41, 5.74) is 0.955. The largest absolute Gasteiger partial charge is 0.300 e. The Labute approximate surface area is 93.1 Å². The van der Waals surface area contributed by atoms with Crippen LogP contribution in [0.4, 0.5) is 0 Å². The Morgan fingerprint density at radius 3 is 2.75 bits per heavy atom. The molecule has 82 valence electrons. The van der Waals surface area contributed by atoms with Crippen LogP contribution in [0.1, 0.15) is 13.3 Å². The van der Waals surface area contributed by atoms with Crippen molar-refractivity contribution in [3.8, 4) is 11.4 Å². The summed E-state index contributed by atoms with van der Waals surface area (Å²) in [6.07, 6.45) is 0.449. The minimum atomic E-state index is 0.134. The van der Waals surface area contributed by atoms with Gasteiger partial charge in [-0.15, -0.1) is 5.10 Å². The molecule has 1 aromatic heterocycles. The van der Waals surface area contributed by atoms with E-state index in [1.54, 1.807) is 11.6 Å². The number of nitrogens with zero attached hydrogens (tertiary/aromatic N) is 4. The van der Waals surface area contributed by atoms with E-state index in [2.05, 4.69) is 15.5 Å². The Kier molecular flexibility index (Phi) is 3.05. The number of tetrazole rings is 1. The van der Waals surface area contributed by atoms with Gasteiger partial charge in [0, 0.05) is 12.0 Å². The van der Waals surface area contributed by atoms with Gasteiger partial charge in [-0.3, -0.25) is 4.79 Å². The van der Waals surface area contributed by atoms with E-state index < -0.39 is 0 Å². The third-order valence-electron chi connectivity index (χ3n) is 2.24. The Balaban J connectivity index is 2.23. The van der Waals surface area contributed by atoms with E-state index in [1.165, 1.54) is 0 Å². The van der Waals surface area contributed by atoms with Crippen molar-refractivity contribution in [2.75, 3.05) is 0 Å². The van der Waals surface area contributed by atoms with Crippen LogP contribution in [0.2, 0.25) is 0 Å². The quantitative estimate of drug-likeness (QED) is 0.773. The van der Waals surface area contributed by atoms with Crippen LogP contribution in [0.3, 0.4) is 0 Å². The first-order valence-electron chi connectivity index (χ1n) is 5.08. The van der Waals surface area contributed by atoms with Gasteiger partial charge in [0.15, 0.2) is 5.82 Å². The molecule has 0 atom stereocenters. The molecule has 0 amide bonds. The fourth-order valence-electron chi connectivity index (χ4n) is 1.41. The van der Waals surface area contributed by atoms with Gasteiger partial charge in [0.25, 0.3) is 0 Å². The average molecular weight is 216 g/mol. The molecule has 0 aliphatic rings. The van der Waals surface area contributed by atoms with Crippen molar-refractivity contribution >= 4 is 5.78 Å². The van der Waals surface area contributed by atoms with Crippen molar-refractivity contribution in [1.82, 2.24) is 20.2 Å². The Hall–Kier alpha value is -2.04. The van der Waals surface area contributed by atoms with Crippen LogP contribution >= 0.6 is 0 Å². The minimum Gasteiger partial charge on any atom is -0.300 e. The predicted molar refractivity (Wildman–Crippen MR) is 58.6 cm³/mol. The molecule has 0 fully saturated rings.